The number of amides is 3. The van der Waals surface area contributed by atoms with E-state index in [-0.39, 0.29) is 13.0 Å². The number of benzene rings is 2. The van der Waals surface area contributed by atoms with Gasteiger partial charge in [0, 0.05) is 19.1 Å². The van der Waals surface area contributed by atoms with Crippen molar-refractivity contribution in [2.45, 2.75) is 86.2 Å². The predicted molar refractivity (Wildman–Crippen MR) is 187 cm³/mol. The number of hydrogen-bond acceptors (Lipinski definition) is 9. The van der Waals surface area contributed by atoms with Crippen LogP contribution in [-0.2, 0) is 45.2 Å². The van der Waals surface area contributed by atoms with Gasteiger partial charge in [0.25, 0.3) is 11.8 Å². The number of fused-ring (bicyclic) bond motifs is 3. The van der Waals surface area contributed by atoms with Gasteiger partial charge in [-0.3, -0.25) is 9.69 Å². The number of nitrogens with zero attached hydrogens (tertiary/aromatic N) is 2. The predicted octanol–water partition coefficient (Wildman–Crippen LogP) is 6.62. The molecule has 2 aliphatic rings. The minimum absolute atomic E-state index is 0.0867. The molecule has 1 unspecified atom stereocenters. The number of ether oxygens (including phenoxy) is 4. The quantitative estimate of drug-likeness (QED) is 0.104. The van der Waals surface area contributed by atoms with E-state index in [1.165, 1.54) is 16.9 Å². The lowest BCUT2D eigenvalue weighted by molar-refractivity contribution is -0.223. The number of carbonyl (C=O) groups excluding carboxylic acids is 4. The fourth-order valence-corrected chi connectivity index (χ4v) is 9.94. The summed E-state index contributed by atoms with van der Waals surface area (Å²) >= 11 is 17.4. The first-order valence-corrected chi connectivity index (χ1v) is 19.6. The van der Waals surface area contributed by atoms with Gasteiger partial charge in [0.2, 0.25) is 3.79 Å². The number of alkyl carbamates (subject to hydrolysis) is 1. The van der Waals surface area contributed by atoms with E-state index in [9.17, 15) is 19.2 Å². The second-order valence-corrected chi connectivity index (χ2v) is 19.1. The largest absolute Gasteiger partial charge is 0.467 e. The molecular formula is C33H42Cl3N3O9Si. The molecule has 12 nitrogen and oxygen atoms in total. The summed E-state index contributed by atoms with van der Waals surface area (Å²) in [6, 6.07) is 15.5. The summed E-state index contributed by atoms with van der Waals surface area (Å²) in [5.41, 5.74) is -0.170. The molecule has 2 heterocycles. The van der Waals surface area contributed by atoms with E-state index in [4.69, 9.17) is 58.2 Å². The van der Waals surface area contributed by atoms with Crippen molar-refractivity contribution in [3.05, 3.63) is 65.7 Å². The van der Waals surface area contributed by atoms with Gasteiger partial charge >= 0.3 is 18.2 Å². The molecule has 4 rings (SSSR count). The van der Waals surface area contributed by atoms with Gasteiger partial charge in [-0.25, -0.2) is 19.3 Å². The Morgan fingerprint density at radius 2 is 1.57 bits per heavy atom. The number of alkyl halides is 3. The van der Waals surface area contributed by atoms with Gasteiger partial charge in [-0.05, 0) is 36.7 Å². The van der Waals surface area contributed by atoms with Gasteiger partial charge < -0.3 is 28.7 Å². The second kappa shape index (κ2) is 15.4. The Bertz CT molecular complexity index is 1520. The minimum Gasteiger partial charge on any atom is -0.467 e. The van der Waals surface area contributed by atoms with E-state index in [1.807, 2.05) is 39.0 Å². The van der Waals surface area contributed by atoms with E-state index in [0.29, 0.717) is 29.4 Å². The molecule has 1 saturated heterocycles. The zero-order valence-electron chi connectivity index (χ0n) is 28.3. The van der Waals surface area contributed by atoms with Gasteiger partial charge in [0.1, 0.15) is 25.3 Å². The molecule has 1 N–H and O–H groups in total. The molecule has 2 aromatic rings. The number of hydrogen-bond donors (Lipinski definition) is 1. The maximum absolute atomic E-state index is 14.3. The lowest BCUT2D eigenvalue weighted by Gasteiger charge is -2.52. The number of halogens is 3. The number of para-hydroxylation sites is 1. The number of anilines is 1. The van der Waals surface area contributed by atoms with Crippen molar-refractivity contribution in [1.82, 2.24) is 10.2 Å². The normalized spacial score (nSPS) is 22.3. The Morgan fingerprint density at radius 3 is 2.14 bits per heavy atom. The Morgan fingerprint density at radius 1 is 0.959 bits per heavy atom. The first kappa shape index (κ1) is 38.7. The van der Waals surface area contributed by atoms with E-state index < -0.39 is 66.3 Å². The van der Waals surface area contributed by atoms with E-state index >= 15 is 0 Å². The maximum atomic E-state index is 14.3. The van der Waals surface area contributed by atoms with Crippen molar-refractivity contribution >= 4 is 72.9 Å². The SMILES string of the molecule is CC[Si](CC)(CC)O[C@@]1(C[C@@H](NC(=O)OCC(Cl)(Cl)Cl)C(=O)OC)c2ccccc2N2C(=O)[C@H](C)N(C(=O)OCc3ccccc3)C21OC. The van der Waals surface area contributed by atoms with E-state index in [1.54, 1.807) is 43.3 Å². The fourth-order valence-electron chi connectivity index (χ4n) is 6.78. The molecule has 0 bridgehead atoms. The van der Waals surface area contributed by atoms with Crippen molar-refractivity contribution in [3.8, 4) is 0 Å². The first-order valence-electron chi connectivity index (χ1n) is 16.0. The third-order valence-corrected chi connectivity index (χ3v) is 14.3. The van der Waals surface area contributed by atoms with Gasteiger partial charge in [0.05, 0.1) is 12.8 Å². The Balaban J connectivity index is 1.96. The Hall–Kier alpha value is -3.07. The molecule has 0 saturated carbocycles. The van der Waals surface area contributed by atoms with Crippen molar-refractivity contribution in [1.29, 1.82) is 0 Å². The van der Waals surface area contributed by atoms with Crippen molar-refractivity contribution in [2.24, 2.45) is 0 Å². The highest BCUT2D eigenvalue weighted by Gasteiger charge is 2.76. The maximum Gasteiger partial charge on any atom is 0.414 e. The van der Waals surface area contributed by atoms with Crippen LogP contribution < -0.4 is 10.2 Å². The molecule has 1 fully saturated rings. The molecular weight excluding hydrogens is 717 g/mol. The van der Waals surface area contributed by atoms with Gasteiger partial charge in [-0.15, -0.1) is 0 Å². The van der Waals surface area contributed by atoms with Crippen molar-refractivity contribution in [3.63, 3.8) is 0 Å². The average molecular weight is 759 g/mol. The topological polar surface area (TPSA) is 133 Å². The molecule has 0 aliphatic carbocycles. The molecule has 16 heteroatoms. The zero-order chi connectivity index (χ0) is 36.2. The number of methoxy groups -OCH3 is 2. The number of esters is 1. The standard InChI is InChI=1S/C33H42Cl3N3O9Si/c1-7-49(8-2,9-3)48-31(19-25(28(41)44-5)37-29(42)47-21-32(34,35)36)24-17-13-14-18-26(24)39-27(40)22(4)38(33(31,39)45-6)30(43)46-20-23-15-11-10-12-16-23/h10-18,22,25H,7-9,19-21H2,1-6H3,(H,37,42)/t22-,25+,31-,33?/m0/s1. The zero-order valence-corrected chi connectivity index (χ0v) is 31.6. The molecule has 0 radical (unpaired) electrons. The Kier molecular flexibility index (Phi) is 12.2. The molecule has 2 aromatic carbocycles. The van der Waals surface area contributed by atoms with Crippen molar-refractivity contribution < 1.29 is 42.6 Å². The van der Waals surface area contributed by atoms with E-state index in [0.717, 1.165) is 12.7 Å². The average Bonchev–Trinajstić information content (AvgIpc) is 3.47. The smallest absolute Gasteiger partial charge is 0.414 e. The first-order chi connectivity index (χ1) is 23.2. The van der Waals surface area contributed by atoms with Crippen LogP contribution in [0, 0.1) is 0 Å². The van der Waals surface area contributed by atoms with Crippen LogP contribution in [0.1, 0.15) is 45.2 Å². The number of nitrogens with one attached hydrogen (secondary N) is 1. The lowest BCUT2D eigenvalue weighted by atomic mass is 9.83. The lowest BCUT2D eigenvalue weighted by Crippen LogP contribution is -2.71. The minimum atomic E-state index is -2.76. The summed E-state index contributed by atoms with van der Waals surface area (Å²) in [5.74, 6) is -3.34. The van der Waals surface area contributed by atoms with Crippen LogP contribution in [0.15, 0.2) is 54.6 Å². The molecule has 0 aromatic heterocycles. The third kappa shape index (κ3) is 7.24. The van der Waals surface area contributed by atoms with E-state index in [2.05, 4.69) is 5.32 Å². The van der Waals surface area contributed by atoms with Crippen LogP contribution >= 0.6 is 34.8 Å². The third-order valence-electron chi connectivity index (χ3n) is 9.35. The summed E-state index contributed by atoms with van der Waals surface area (Å²) in [6.07, 6.45) is -2.29. The van der Waals surface area contributed by atoms with Crippen LogP contribution in [0.2, 0.25) is 18.1 Å². The van der Waals surface area contributed by atoms with Crippen LogP contribution in [0.4, 0.5) is 15.3 Å². The monoisotopic (exact) mass is 757 g/mol. The van der Waals surface area contributed by atoms with Crippen LogP contribution in [-0.4, -0.2) is 79.8 Å². The highest BCUT2D eigenvalue weighted by molar-refractivity contribution is 6.73. The summed E-state index contributed by atoms with van der Waals surface area (Å²) in [4.78, 5) is 57.8. The molecule has 0 spiro atoms. The van der Waals surface area contributed by atoms with Crippen LogP contribution in [0.3, 0.4) is 0 Å². The summed E-state index contributed by atoms with van der Waals surface area (Å²) in [6.45, 7) is 6.93. The van der Waals surface area contributed by atoms with Gasteiger partial charge in [-0.2, -0.15) is 0 Å². The Labute approximate surface area is 302 Å². The molecule has 268 valence electrons. The van der Waals surface area contributed by atoms with Crippen LogP contribution in [0.25, 0.3) is 0 Å². The fraction of sp³-hybridized carbons (Fsp3) is 0.515. The number of carbonyl (C=O) groups is 4. The van der Waals surface area contributed by atoms with Gasteiger partial charge in [0.15, 0.2) is 13.9 Å². The molecule has 49 heavy (non-hydrogen) atoms. The molecule has 2 aliphatic heterocycles. The number of rotatable bonds is 13. The van der Waals surface area contributed by atoms with Crippen LogP contribution in [0.5, 0.6) is 0 Å². The summed E-state index contributed by atoms with van der Waals surface area (Å²) in [7, 11) is -0.237. The molecule has 4 atom stereocenters. The molecule has 3 amide bonds. The second-order valence-electron chi connectivity index (χ2n) is 11.9. The highest BCUT2D eigenvalue weighted by atomic mass is 35.6. The summed E-state index contributed by atoms with van der Waals surface area (Å²) in [5, 5.41) is 2.53. The van der Waals surface area contributed by atoms with Crippen molar-refractivity contribution in [2.75, 3.05) is 25.7 Å². The highest BCUT2D eigenvalue weighted by Crippen LogP contribution is 2.61. The van der Waals surface area contributed by atoms with Gasteiger partial charge in [-0.1, -0.05) is 104 Å². The summed E-state index contributed by atoms with van der Waals surface area (Å²) < 4.78 is 28.0.